The number of hydrogen-bond acceptors (Lipinski definition) is 2. The molecule has 0 aromatic rings. The Morgan fingerprint density at radius 3 is 2.75 bits per heavy atom. The lowest BCUT2D eigenvalue weighted by Crippen LogP contribution is -2.33. The van der Waals surface area contributed by atoms with Gasteiger partial charge in [-0.2, -0.15) is 0 Å². The lowest BCUT2D eigenvalue weighted by molar-refractivity contribution is -0.112. The van der Waals surface area contributed by atoms with Crippen molar-refractivity contribution in [2.24, 2.45) is 5.92 Å². The molecule has 2 atom stereocenters. The molecule has 0 aliphatic carbocycles. The fraction of sp³-hybridized carbons (Fsp3) is 1.00. The molecule has 1 saturated heterocycles. The highest BCUT2D eigenvalue weighted by Crippen LogP contribution is 2.29. The zero-order valence-corrected chi connectivity index (χ0v) is 7.19. The molecule has 0 saturated carbocycles. The predicted octanol–water partition coefficient (Wildman–Crippen LogP) is 1.00. The Balaban J connectivity index is 2.37. The van der Waals surface area contributed by atoms with E-state index in [1.54, 1.807) is 0 Å². The van der Waals surface area contributed by atoms with Crippen LogP contribution in [0, 0.1) is 5.92 Å². The Hall–Kier alpha value is -0.220. The summed E-state index contributed by atoms with van der Waals surface area (Å²) in [5, 5.41) is 11.8. The zero-order valence-electron chi connectivity index (χ0n) is 7.19. The van der Waals surface area contributed by atoms with Gasteiger partial charge in [-0.1, -0.05) is 0 Å². The van der Waals surface area contributed by atoms with Gasteiger partial charge in [0, 0.05) is 6.42 Å². The van der Waals surface area contributed by atoms with Crippen LogP contribution in [-0.4, -0.2) is 30.2 Å². The van der Waals surface area contributed by atoms with E-state index in [2.05, 4.69) is 5.32 Å². The van der Waals surface area contributed by atoms with Gasteiger partial charge in [0.1, 0.15) is 6.10 Å². The van der Waals surface area contributed by atoms with Gasteiger partial charge in [-0.3, -0.25) is 0 Å². The molecule has 2 unspecified atom stereocenters. The van der Waals surface area contributed by atoms with E-state index < -0.39 is 12.0 Å². The summed E-state index contributed by atoms with van der Waals surface area (Å²) in [6.07, 6.45) is -0.932. The molecular formula is C8H15F2NO. The van der Waals surface area contributed by atoms with E-state index >= 15 is 0 Å². The first kappa shape index (κ1) is 9.86. The lowest BCUT2D eigenvalue weighted by atomic mass is 9.97. The second kappa shape index (κ2) is 3.66. The molecule has 1 rings (SSSR count). The molecule has 4 heteroatoms. The van der Waals surface area contributed by atoms with Crippen molar-refractivity contribution in [3.8, 4) is 0 Å². The summed E-state index contributed by atoms with van der Waals surface area (Å²) >= 11 is 0. The summed E-state index contributed by atoms with van der Waals surface area (Å²) in [4.78, 5) is 0. The predicted molar refractivity (Wildman–Crippen MR) is 42.2 cm³/mol. The van der Waals surface area contributed by atoms with Crippen molar-refractivity contribution in [3.05, 3.63) is 0 Å². The van der Waals surface area contributed by atoms with Crippen LogP contribution < -0.4 is 5.32 Å². The van der Waals surface area contributed by atoms with Crippen molar-refractivity contribution in [2.75, 3.05) is 13.1 Å². The van der Waals surface area contributed by atoms with Crippen molar-refractivity contribution in [1.29, 1.82) is 0 Å². The third-order valence-electron chi connectivity index (χ3n) is 2.33. The van der Waals surface area contributed by atoms with Crippen LogP contribution in [-0.2, 0) is 0 Å². The number of rotatable bonds is 3. The first-order chi connectivity index (χ1) is 5.52. The standard InChI is InChI=1S/C8H15F2NO/c1-6(12)8(9,10)4-7-2-3-11-5-7/h6-7,11-12H,2-5H2,1H3. The van der Waals surface area contributed by atoms with E-state index in [0.717, 1.165) is 19.9 Å². The number of alkyl halides is 2. The highest BCUT2D eigenvalue weighted by atomic mass is 19.3. The topological polar surface area (TPSA) is 32.3 Å². The fourth-order valence-corrected chi connectivity index (χ4v) is 1.44. The SMILES string of the molecule is CC(O)C(F)(F)CC1CCNC1. The largest absolute Gasteiger partial charge is 0.387 e. The minimum Gasteiger partial charge on any atom is -0.387 e. The number of aliphatic hydroxyl groups is 1. The number of nitrogens with one attached hydrogen (secondary N) is 1. The van der Waals surface area contributed by atoms with Gasteiger partial charge < -0.3 is 10.4 Å². The van der Waals surface area contributed by atoms with Crippen molar-refractivity contribution in [3.63, 3.8) is 0 Å². The van der Waals surface area contributed by atoms with E-state index in [1.807, 2.05) is 0 Å². The summed E-state index contributed by atoms with van der Waals surface area (Å²) in [5.41, 5.74) is 0. The molecule has 1 aliphatic rings. The maximum absolute atomic E-state index is 12.9. The zero-order chi connectivity index (χ0) is 9.19. The second-order valence-corrected chi connectivity index (χ2v) is 3.50. The van der Waals surface area contributed by atoms with Crippen LogP contribution >= 0.6 is 0 Å². The summed E-state index contributed by atoms with van der Waals surface area (Å²) in [7, 11) is 0. The van der Waals surface area contributed by atoms with Crippen LogP contribution in [0.2, 0.25) is 0 Å². The Kier molecular flexibility index (Phi) is 3.01. The lowest BCUT2D eigenvalue weighted by Gasteiger charge is -2.22. The molecule has 0 amide bonds. The molecular weight excluding hydrogens is 164 g/mol. The quantitative estimate of drug-likeness (QED) is 0.677. The Morgan fingerprint density at radius 2 is 2.33 bits per heavy atom. The van der Waals surface area contributed by atoms with Gasteiger partial charge in [0.15, 0.2) is 0 Å². The third-order valence-corrected chi connectivity index (χ3v) is 2.33. The van der Waals surface area contributed by atoms with Crippen molar-refractivity contribution in [2.45, 2.75) is 31.8 Å². The minimum absolute atomic E-state index is 0.0228. The summed E-state index contributed by atoms with van der Waals surface area (Å²) in [6.45, 7) is 2.62. The number of hydrogen-bond donors (Lipinski definition) is 2. The number of halogens is 2. The molecule has 72 valence electrons. The monoisotopic (exact) mass is 179 g/mol. The molecule has 2 N–H and O–H groups in total. The average molecular weight is 179 g/mol. The summed E-state index contributed by atoms with van der Waals surface area (Å²) in [6, 6.07) is 0. The molecule has 0 aromatic heterocycles. The van der Waals surface area contributed by atoms with E-state index in [4.69, 9.17) is 5.11 Å². The molecule has 12 heavy (non-hydrogen) atoms. The first-order valence-corrected chi connectivity index (χ1v) is 4.29. The maximum atomic E-state index is 12.9. The van der Waals surface area contributed by atoms with Crippen molar-refractivity contribution >= 4 is 0 Å². The first-order valence-electron chi connectivity index (χ1n) is 4.29. The van der Waals surface area contributed by atoms with Gasteiger partial charge in [-0.15, -0.1) is 0 Å². The Morgan fingerprint density at radius 1 is 1.67 bits per heavy atom. The smallest absolute Gasteiger partial charge is 0.273 e. The van der Waals surface area contributed by atoms with Crippen molar-refractivity contribution in [1.82, 2.24) is 5.32 Å². The van der Waals surface area contributed by atoms with Crippen LogP contribution in [0.5, 0.6) is 0 Å². The van der Waals surface area contributed by atoms with Gasteiger partial charge in [-0.25, -0.2) is 8.78 Å². The van der Waals surface area contributed by atoms with Crippen molar-refractivity contribution < 1.29 is 13.9 Å². The third kappa shape index (κ3) is 2.38. The number of aliphatic hydroxyl groups excluding tert-OH is 1. The molecule has 0 aromatic carbocycles. The molecule has 0 spiro atoms. The molecule has 1 heterocycles. The van der Waals surface area contributed by atoms with Crippen LogP contribution in [0.1, 0.15) is 19.8 Å². The van der Waals surface area contributed by atoms with Crippen LogP contribution in [0.3, 0.4) is 0 Å². The summed E-state index contributed by atoms with van der Waals surface area (Å²) < 4.78 is 25.8. The molecule has 1 aliphatic heterocycles. The Bertz CT molecular complexity index is 144. The van der Waals surface area contributed by atoms with Gasteiger partial charge >= 0.3 is 0 Å². The van der Waals surface area contributed by atoms with Crippen LogP contribution in [0.4, 0.5) is 8.78 Å². The van der Waals surface area contributed by atoms with E-state index in [-0.39, 0.29) is 12.3 Å². The fourth-order valence-electron chi connectivity index (χ4n) is 1.44. The van der Waals surface area contributed by atoms with Gasteiger partial charge in [-0.05, 0) is 32.4 Å². The highest BCUT2D eigenvalue weighted by Gasteiger charge is 2.38. The molecule has 0 bridgehead atoms. The second-order valence-electron chi connectivity index (χ2n) is 3.50. The van der Waals surface area contributed by atoms with E-state index in [0.29, 0.717) is 6.54 Å². The van der Waals surface area contributed by atoms with Gasteiger partial charge in [0.05, 0.1) is 0 Å². The Labute approximate surface area is 71.0 Å². The maximum Gasteiger partial charge on any atom is 0.273 e. The highest BCUT2D eigenvalue weighted by molar-refractivity contribution is 4.81. The molecule has 0 radical (unpaired) electrons. The molecule has 2 nitrogen and oxygen atoms in total. The normalized spacial score (nSPS) is 27.5. The van der Waals surface area contributed by atoms with Gasteiger partial charge in [0.25, 0.3) is 5.92 Å². The van der Waals surface area contributed by atoms with E-state index in [9.17, 15) is 8.78 Å². The minimum atomic E-state index is -2.92. The molecule has 1 fully saturated rings. The van der Waals surface area contributed by atoms with Crippen LogP contribution in [0.15, 0.2) is 0 Å². The van der Waals surface area contributed by atoms with E-state index in [1.165, 1.54) is 0 Å². The van der Waals surface area contributed by atoms with Crippen LogP contribution in [0.25, 0.3) is 0 Å². The average Bonchev–Trinajstić information content (AvgIpc) is 2.38. The van der Waals surface area contributed by atoms with Gasteiger partial charge in [0.2, 0.25) is 0 Å². The summed E-state index contributed by atoms with van der Waals surface area (Å²) in [5.74, 6) is -2.90.